The van der Waals surface area contributed by atoms with Gasteiger partial charge in [-0.2, -0.15) is 0 Å². The number of ether oxygens (including phenoxy) is 1. The smallest absolute Gasteiger partial charge is 0.262 e. The predicted octanol–water partition coefficient (Wildman–Crippen LogP) is 3.54. The Labute approximate surface area is 161 Å². The number of amides is 1. The first-order valence-corrected chi connectivity index (χ1v) is 9.52. The molecule has 140 valence electrons. The molecule has 6 nitrogen and oxygen atoms in total. The second kappa shape index (κ2) is 8.26. The summed E-state index contributed by atoms with van der Waals surface area (Å²) in [5, 5.41) is 3.58. The van der Waals surface area contributed by atoms with Crippen molar-refractivity contribution in [1.82, 2.24) is 9.55 Å². The average molecular weight is 383 g/mol. The minimum absolute atomic E-state index is 0.0895. The molecule has 0 fully saturated rings. The summed E-state index contributed by atoms with van der Waals surface area (Å²) in [7, 11) is 1.59. The molecular weight excluding hydrogens is 362 g/mol. The molecule has 1 aromatic heterocycles. The van der Waals surface area contributed by atoms with Crippen molar-refractivity contribution in [1.29, 1.82) is 0 Å². The topological polar surface area (TPSA) is 73.2 Å². The number of rotatable bonds is 6. The first-order valence-electron chi connectivity index (χ1n) is 8.64. The van der Waals surface area contributed by atoms with Crippen molar-refractivity contribution in [3.63, 3.8) is 0 Å². The number of benzene rings is 2. The van der Waals surface area contributed by atoms with Gasteiger partial charge in [0.05, 0.1) is 23.3 Å². The van der Waals surface area contributed by atoms with Gasteiger partial charge in [0.2, 0.25) is 5.91 Å². The second-order valence-electron chi connectivity index (χ2n) is 5.94. The Balaban J connectivity index is 1.81. The molecule has 1 heterocycles. The number of carbonyl (C=O) groups excluding carboxylic acids is 1. The van der Waals surface area contributed by atoms with Crippen LogP contribution >= 0.6 is 11.8 Å². The Morgan fingerprint density at radius 1 is 1.22 bits per heavy atom. The van der Waals surface area contributed by atoms with Crippen LogP contribution in [0.5, 0.6) is 5.75 Å². The van der Waals surface area contributed by atoms with Crippen molar-refractivity contribution in [2.45, 2.75) is 30.8 Å². The third kappa shape index (κ3) is 4.14. The molecule has 1 amide bonds. The molecule has 3 aromatic rings. The lowest BCUT2D eigenvalue weighted by Gasteiger charge is -2.15. The van der Waals surface area contributed by atoms with Crippen LogP contribution in [0.15, 0.2) is 58.5 Å². The van der Waals surface area contributed by atoms with Gasteiger partial charge in [0.1, 0.15) is 5.75 Å². The molecular formula is C20H21N3O3S. The van der Waals surface area contributed by atoms with Crippen LogP contribution in [-0.2, 0) is 11.3 Å². The molecule has 0 saturated carbocycles. The van der Waals surface area contributed by atoms with Gasteiger partial charge in [-0.15, -0.1) is 0 Å². The SMILES string of the molecule is CCn1c(SC(C)C(=O)Nc2ccc(OC)cc2)nc2ccccc2c1=O. The van der Waals surface area contributed by atoms with Crippen molar-refractivity contribution in [3.05, 3.63) is 58.9 Å². The van der Waals surface area contributed by atoms with Crippen LogP contribution in [0.25, 0.3) is 10.9 Å². The van der Waals surface area contributed by atoms with Crippen LogP contribution in [0.4, 0.5) is 5.69 Å². The zero-order valence-corrected chi connectivity index (χ0v) is 16.2. The minimum atomic E-state index is -0.419. The number of nitrogens with zero attached hydrogens (tertiary/aromatic N) is 2. The van der Waals surface area contributed by atoms with Gasteiger partial charge in [0.15, 0.2) is 5.16 Å². The zero-order chi connectivity index (χ0) is 19.4. The van der Waals surface area contributed by atoms with E-state index in [-0.39, 0.29) is 11.5 Å². The predicted molar refractivity (Wildman–Crippen MR) is 109 cm³/mol. The summed E-state index contributed by atoms with van der Waals surface area (Å²) in [5.74, 6) is 0.568. The fourth-order valence-corrected chi connectivity index (χ4v) is 3.62. The molecule has 7 heteroatoms. The molecule has 3 rings (SSSR count). The largest absolute Gasteiger partial charge is 0.497 e. The molecule has 0 aliphatic heterocycles. The number of thioether (sulfide) groups is 1. The highest BCUT2D eigenvalue weighted by molar-refractivity contribution is 8.00. The molecule has 1 unspecified atom stereocenters. The molecule has 27 heavy (non-hydrogen) atoms. The van der Waals surface area contributed by atoms with E-state index in [4.69, 9.17) is 4.74 Å². The van der Waals surface area contributed by atoms with Crippen molar-refractivity contribution in [3.8, 4) is 5.75 Å². The highest BCUT2D eigenvalue weighted by Gasteiger charge is 2.19. The van der Waals surface area contributed by atoms with E-state index in [1.54, 1.807) is 48.9 Å². The first-order chi connectivity index (χ1) is 13.0. The van der Waals surface area contributed by atoms with Gasteiger partial charge < -0.3 is 10.1 Å². The Morgan fingerprint density at radius 3 is 2.59 bits per heavy atom. The van der Waals surface area contributed by atoms with Gasteiger partial charge in [-0.3, -0.25) is 14.2 Å². The molecule has 0 spiro atoms. The van der Waals surface area contributed by atoms with E-state index in [2.05, 4.69) is 10.3 Å². The molecule has 0 aliphatic rings. The number of hydrogen-bond donors (Lipinski definition) is 1. The Bertz CT molecular complexity index is 1020. The van der Waals surface area contributed by atoms with Crippen LogP contribution in [0.1, 0.15) is 13.8 Å². The number of hydrogen-bond acceptors (Lipinski definition) is 5. The third-order valence-corrected chi connectivity index (χ3v) is 5.24. The average Bonchev–Trinajstić information content (AvgIpc) is 2.69. The standard InChI is InChI=1S/C20H21N3O3S/c1-4-23-19(25)16-7-5-6-8-17(16)22-20(23)27-13(2)18(24)21-14-9-11-15(26-3)12-10-14/h5-13H,4H2,1-3H3,(H,21,24). The maximum atomic E-state index is 12.7. The van der Waals surface area contributed by atoms with E-state index >= 15 is 0 Å². The number of nitrogens with one attached hydrogen (secondary N) is 1. The van der Waals surface area contributed by atoms with Crippen molar-refractivity contribution in [2.75, 3.05) is 12.4 Å². The summed E-state index contributed by atoms with van der Waals surface area (Å²) in [6.45, 7) is 4.18. The zero-order valence-electron chi connectivity index (χ0n) is 15.4. The molecule has 0 saturated heterocycles. The molecule has 0 aliphatic carbocycles. The highest BCUT2D eigenvalue weighted by Crippen LogP contribution is 2.24. The van der Waals surface area contributed by atoms with Crippen molar-refractivity contribution < 1.29 is 9.53 Å². The summed E-state index contributed by atoms with van der Waals surface area (Å²) in [6.07, 6.45) is 0. The monoisotopic (exact) mass is 383 g/mol. The van der Waals surface area contributed by atoms with Crippen LogP contribution in [-0.4, -0.2) is 27.8 Å². The van der Waals surface area contributed by atoms with Gasteiger partial charge in [-0.25, -0.2) is 4.98 Å². The van der Waals surface area contributed by atoms with E-state index in [9.17, 15) is 9.59 Å². The summed E-state index contributed by atoms with van der Waals surface area (Å²) in [5.41, 5.74) is 1.23. The number of carbonyl (C=O) groups is 1. The quantitative estimate of drug-likeness (QED) is 0.521. The maximum Gasteiger partial charge on any atom is 0.262 e. The summed E-state index contributed by atoms with van der Waals surface area (Å²) >= 11 is 1.27. The molecule has 0 radical (unpaired) electrons. The Hall–Kier alpha value is -2.80. The lowest BCUT2D eigenvalue weighted by molar-refractivity contribution is -0.115. The lowest BCUT2D eigenvalue weighted by atomic mass is 10.2. The number of aromatic nitrogens is 2. The molecule has 1 atom stereocenters. The summed E-state index contributed by atoms with van der Waals surface area (Å²) in [4.78, 5) is 29.8. The maximum absolute atomic E-state index is 12.7. The number of para-hydroxylation sites is 1. The molecule has 0 bridgehead atoms. The number of anilines is 1. The minimum Gasteiger partial charge on any atom is -0.497 e. The van der Waals surface area contributed by atoms with Crippen molar-refractivity contribution >= 4 is 34.3 Å². The van der Waals surface area contributed by atoms with Gasteiger partial charge in [0.25, 0.3) is 5.56 Å². The molecule has 2 aromatic carbocycles. The number of methoxy groups -OCH3 is 1. The van der Waals surface area contributed by atoms with Crippen LogP contribution in [0.2, 0.25) is 0 Å². The third-order valence-electron chi connectivity index (χ3n) is 4.15. The van der Waals surface area contributed by atoms with Crippen LogP contribution < -0.4 is 15.6 Å². The van der Waals surface area contributed by atoms with Gasteiger partial charge in [0, 0.05) is 12.2 Å². The summed E-state index contributed by atoms with van der Waals surface area (Å²) in [6, 6.07) is 14.4. The normalized spacial score (nSPS) is 12.0. The highest BCUT2D eigenvalue weighted by atomic mass is 32.2. The second-order valence-corrected chi connectivity index (χ2v) is 7.25. The first kappa shape index (κ1) is 19.0. The van der Waals surface area contributed by atoms with E-state index in [0.29, 0.717) is 28.3 Å². The van der Waals surface area contributed by atoms with Gasteiger partial charge in [-0.1, -0.05) is 23.9 Å². The van der Waals surface area contributed by atoms with E-state index in [0.717, 1.165) is 5.75 Å². The van der Waals surface area contributed by atoms with E-state index in [1.807, 2.05) is 25.1 Å². The van der Waals surface area contributed by atoms with Gasteiger partial charge >= 0.3 is 0 Å². The Kier molecular flexibility index (Phi) is 5.81. The van der Waals surface area contributed by atoms with Crippen LogP contribution in [0, 0.1) is 0 Å². The number of fused-ring (bicyclic) bond motifs is 1. The Morgan fingerprint density at radius 2 is 1.93 bits per heavy atom. The van der Waals surface area contributed by atoms with E-state index in [1.165, 1.54) is 11.8 Å². The lowest BCUT2D eigenvalue weighted by Crippen LogP contribution is -2.26. The van der Waals surface area contributed by atoms with E-state index < -0.39 is 5.25 Å². The fourth-order valence-electron chi connectivity index (χ4n) is 2.65. The van der Waals surface area contributed by atoms with Gasteiger partial charge in [-0.05, 0) is 50.2 Å². The molecule has 1 N–H and O–H groups in total. The van der Waals surface area contributed by atoms with Crippen molar-refractivity contribution in [2.24, 2.45) is 0 Å². The fraction of sp³-hybridized carbons (Fsp3) is 0.250. The summed E-state index contributed by atoms with van der Waals surface area (Å²) < 4.78 is 6.72. The van der Waals surface area contributed by atoms with Crippen LogP contribution in [0.3, 0.4) is 0 Å².